The highest BCUT2D eigenvalue weighted by atomic mass is 32.2. The number of amides is 1. The monoisotopic (exact) mass is 286 g/mol. The van der Waals surface area contributed by atoms with Crippen LogP contribution in [0.15, 0.2) is 23.1 Å². The molecule has 0 radical (unpaired) electrons. The molecule has 1 aromatic rings. The number of esters is 1. The SMILES string of the molecule is COC(=O)c1ccc(C(=O)N(C)C)c(S(N)(=O)=O)c1. The Morgan fingerprint density at radius 2 is 1.84 bits per heavy atom. The van der Waals surface area contributed by atoms with Crippen molar-refractivity contribution in [3.63, 3.8) is 0 Å². The lowest BCUT2D eigenvalue weighted by Gasteiger charge is -2.13. The summed E-state index contributed by atoms with van der Waals surface area (Å²) in [6.07, 6.45) is 0. The quantitative estimate of drug-likeness (QED) is 0.776. The van der Waals surface area contributed by atoms with E-state index in [2.05, 4.69) is 4.74 Å². The number of benzene rings is 1. The average Bonchev–Trinajstić information content (AvgIpc) is 2.35. The van der Waals surface area contributed by atoms with Crippen LogP contribution in [-0.2, 0) is 14.8 Å². The minimum atomic E-state index is -4.13. The van der Waals surface area contributed by atoms with E-state index in [1.54, 1.807) is 0 Å². The summed E-state index contributed by atoms with van der Waals surface area (Å²) >= 11 is 0. The summed E-state index contributed by atoms with van der Waals surface area (Å²) in [5.74, 6) is -1.24. The molecule has 0 heterocycles. The lowest BCUT2D eigenvalue weighted by molar-refractivity contribution is 0.0599. The third-order valence-corrected chi connectivity index (χ3v) is 3.30. The van der Waals surface area contributed by atoms with Gasteiger partial charge in [0.05, 0.1) is 23.1 Å². The number of carbonyl (C=O) groups is 2. The maximum Gasteiger partial charge on any atom is 0.337 e. The van der Waals surface area contributed by atoms with Crippen molar-refractivity contribution in [2.75, 3.05) is 21.2 Å². The summed E-state index contributed by atoms with van der Waals surface area (Å²) in [7, 11) is -0.0157. The van der Waals surface area contributed by atoms with Crippen molar-refractivity contribution in [2.24, 2.45) is 5.14 Å². The van der Waals surface area contributed by atoms with Gasteiger partial charge in [-0.2, -0.15) is 0 Å². The van der Waals surface area contributed by atoms with Crippen molar-refractivity contribution in [1.82, 2.24) is 4.90 Å². The standard InChI is InChI=1S/C11H14N2O5S/c1-13(2)10(14)8-5-4-7(11(15)18-3)6-9(8)19(12,16)17/h4-6H,1-3H3,(H2,12,16,17). The van der Waals surface area contributed by atoms with Gasteiger partial charge in [-0.25, -0.2) is 18.4 Å². The van der Waals surface area contributed by atoms with Crippen LogP contribution in [0, 0.1) is 0 Å². The molecule has 0 aliphatic rings. The lowest BCUT2D eigenvalue weighted by Crippen LogP contribution is -2.26. The van der Waals surface area contributed by atoms with Gasteiger partial charge in [0, 0.05) is 14.1 Å². The molecule has 0 atom stereocenters. The molecule has 1 aromatic carbocycles. The highest BCUT2D eigenvalue weighted by molar-refractivity contribution is 7.89. The van der Waals surface area contributed by atoms with Crippen LogP contribution in [0.4, 0.5) is 0 Å². The number of hydrogen-bond donors (Lipinski definition) is 1. The number of primary sulfonamides is 1. The molecule has 0 bridgehead atoms. The first-order valence-corrected chi connectivity index (χ1v) is 6.70. The maximum atomic E-state index is 11.9. The Bertz CT molecular complexity index is 622. The van der Waals surface area contributed by atoms with E-state index in [1.807, 2.05) is 0 Å². The summed E-state index contributed by atoms with van der Waals surface area (Å²) < 4.78 is 27.5. The number of carbonyl (C=O) groups excluding carboxylic acids is 2. The van der Waals surface area contributed by atoms with E-state index in [9.17, 15) is 18.0 Å². The number of rotatable bonds is 3. The summed E-state index contributed by atoms with van der Waals surface area (Å²) in [6.45, 7) is 0. The second-order valence-electron chi connectivity index (χ2n) is 3.95. The Morgan fingerprint density at radius 3 is 2.26 bits per heavy atom. The fourth-order valence-corrected chi connectivity index (χ4v) is 2.17. The van der Waals surface area contributed by atoms with Crippen LogP contribution in [0.25, 0.3) is 0 Å². The Morgan fingerprint density at radius 1 is 1.26 bits per heavy atom. The molecule has 0 saturated carbocycles. The fourth-order valence-electron chi connectivity index (χ4n) is 1.42. The number of nitrogens with zero attached hydrogens (tertiary/aromatic N) is 1. The molecule has 7 nitrogen and oxygen atoms in total. The normalized spacial score (nSPS) is 10.9. The second-order valence-corrected chi connectivity index (χ2v) is 5.48. The van der Waals surface area contributed by atoms with Crippen molar-refractivity contribution in [1.29, 1.82) is 0 Å². The van der Waals surface area contributed by atoms with Gasteiger partial charge in [-0.3, -0.25) is 4.79 Å². The maximum absolute atomic E-state index is 11.9. The van der Waals surface area contributed by atoms with E-state index in [-0.39, 0.29) is 11.1 Å². The Hall–Kier alpha value is -1.93. The van der Waals surface area contributed by atoms with Gasteiger partial charge >= 0.3 is 5.97 Å². The summed E-state index contributed by atoms with van der Waals surface area (Å²) in [4.78, 5) is 24.0. The van der Waals surface area contributed by atoms with Crippen LogP contribution in [0.1, 0.15) is 20.7 Å². The molecule has 0 aromatic heterocycles. The van der Waals surface area contributed by atoms with Crippen LogP contribution in [-0.4, -0.2) is 46.4 Å². The Labute approximate surface area is 111 Å². The first-order valence-electron chi connectivity index (χ1n) is 5.15. The molecule has 0 unspecified atom stereocenters. The van der Waals surface area contributed by atoms with E-state index >= 15 is 0 Å². The molecule has 1 amide bonds. The predicted molar refractivity (Wildman–Crippen MR) is 67.2 cm³/mol. The van der Waals surface area contributed by atoms with E-state index < -0.39 is 26.8 Å². The summed E-state index contributed by atoms with van der Waals surface area (Å²) in [5, 5.41) is 5.06. The highest BCUT2D eigenvalue weighted by Gasteiger charge is 2.22. The van der Waals surface area contributed by atoms with Crippen molar-refractivity contribution >= 4 is 21.9 Å². The molecular weight excluding hydrogens is 272 g/mol. The van der Waals surface area contributed by atoms with Gasteiger partial charge in [-0.05, 0) is 18.2 Å². The molecule has 0 spiro atoms. The minimum Gasteiger partial charge on any atom is -0.465 e. The molecule has 0 saturated heterocycles. The first-order chi connectivity index (χ1) is 8.68. The van der Waals surface area contributed by atoms with E-state index in [0.717, 1.165) is 13.2 Å². The van der Waals surface area contributed by atoms with Crippen molar-refractivity contribution in [2.45, 2.75) is 4.90 Å². The molecule has 0 fully saturated rings. The smallest absolute Gasteiger partial charge is 0.337 e. The molecule has 0 aliphatic heterocycles. The van der Waals surface area contributed by atoms with Crippen LogP contribution in [0.5, 0.6) is 0 Å². The van der Waals surface area contributed by atoms with Gasteiger partial charge in [-0.1, -0.05) is 0 Å². The number of sulfonamides is 1. The molecule has 0 aliphatic carbocycles. The van der Waals surface area contributed by atoms with Crippen LogP contribution < -0.4 is 5.14 Å². The van der Waals surface area contributed by atoms with Gasteiger partial charge in [0.25, 0.3) is 5.91 Å². The molecular formula is C11H14N2O5S. The fraction of sp³-hybridized carbons (Fsp3) is 0.273. The van der Waals surface area contributed by atoms with E-state index in [4.69, 9.17) is 5.14 Å². The first kappa shape index (κ1) is 15.1. The van der Waals surface area contributed by atoms with Crippen molar-refractivity contribution in [3.8, 4) is 0 Å². The van der Waals surface area contributed by atoms with Crippen LogP contribution >= 0.6 is 0 Å². The minimum absolute atomic E-state index is 0.00170. The second kappa shape index (κ2) is 5.37. The van der Waals surface area contributed by atoms with Crippen LogP contribution in [0.3, 0.4) is 0 Å². The van der Waals surface area contributed by atoms with Gasteiger partial charge < -0.3 is 9.64 Å². The molecule has 2 N–H and O–H groups in total. The molecule has 8 heteroatoms. The van der Waals surface area contributed by atoms with E-state index in [1.165, 1.54) is 31.1 Å². The topological polar surface area (TPSA) is 107 Å². The van der Waals surface area contributed by atoms with E-state index in [0.29, 0.717) is 0 Å². The highest BCUT2D eigenvalue weighted by Crippen LogP contribution is 2.18. The average molecular weight is 286 g/mol. The Balaban J connectivity index is 3.51. The third kappa shape index (κ3) is 3.30. The zero-order chi connectivity index (χ0) is 14.8. The van der Waals surface area contributed by atoms with Crippen LogP contribution in [0.2, 0.25) is 0 Å². The van der Waals surface area contributed by atoms with Crippen molar-refractivity contribution < 1.29 is 22.7 Å². The van der Waals surface area contributed by atoms with Gasteiger partial charge in [0.1, 0.15) is 0 Å². The molecule has 104 valence electrons. The summed E-state index contributed by atoms with van der Waals surface area (Å²) in [5.41, 5.74) is -0.0954. The third-order valence-electron chi connectivity index (χ3n) is 2.35. The van der Waals surface area contributed by atoms with Gasteiger partial charge in [0.15, 0.2) is 0 Å². The molecule has 19 heavy (non-hydrogen) atoms. The summed E-state index contributed by atoms with van der Waals surface area (Å²) in [6, 6.07) is 3.56. The number of ether oxygens (including phenoxy) is 1. The number of hydrogen-bond acceptors (Lipinski definition) is 5. The number of nitrogens with two attached hydrogens (primary N) is 1. The zero-order valence-corrected chi connectivity index (χ0v) is 11.5. The lowest BCUT2D eigenvalue weighted by atomic mass is 10.1. The van der Waals surface area contributed by atoms with Gasteiger partial charge in [-0.15, -0.1) is 0 Å². The number of methoxy groups -OCH3 is 1. The zero-order valence-electron chi connectivity index (χ0n) is 10.7. The largest absolute Gasteiger partial charge is 0.465 e. The predicted octanol–water partition coefficient (Wildman–Crippen LogP) is -0.178. The van der Waals surface area contributed by atoms with Crippen molar-refractivity contribution in [3.05, 3.63) is 29.3 Å². The Kier molecular flexibility index (Phi) is 4.28. The van der Waals surface area contributed by atoms with Gasteiger partial charge in [0.2, 0.25) is 10.0 Å². The molecule has 1 rings (SSSR count).